The highest BCUT2D eigenvalue weighted by Gasteiger charge is 2.35. The molecule has 2 N–H and O–H groups in total. The number of hydrogen-bond donors (Lipinski definition) is 2. The summed E-state index contributed by atoms with van der Waals surface area (Å²) < 4.78 is 10.5. The highest BCUT2D eigenvalue weighted by atomic mass is 35.5. The van der Waals surface area contributed by atoms with Gasteiger partial charge < -0.3 is 19.9 Å². The van der Waals surface area contributed by atoms with Crippen LogP contribution in [0.3, 0.4) is 0 Å². The summed E-state index contributed by atoms with van der Waals surface area (Å²) in [6, 6.07) is 9.29. The second-order valence-electron chi connectivity index (χ2n) is 6.81. The van der Waals surface area contributed by atoms with E-state index in [0.717, 1.165) is 17.9 Å². The molecule has 1 amide bonds. The van der Waals surface area contributed by atoms with E-state index in [1.54, 1.807) is 13.0 Å². The third kappa shape index (κ3) is 4.44. The van der Waals surface area contributed by atoms with E-state index in [0.29, 0.717) is 31.3 Å². The number of halogens is 1. The predicted octanol–water partition coefficient (Wildman–Crippen LogP) is 3.30. The number of nitrogens with zero attached hydrogens (tertiary/aromatic N) is 1. The van der Waals surface area contributed by atoms with Crippen molar-refractivity contribution in [2.45, 2.75) is 38.1 Å². The molecule has 0 bridgehead atoms. The van der Waals surface area contributed by atoms with Gasteiger partial charge in [0.05, 0.1) is 6.04 Å². The smallest absolute Gasteiger partial charge is 0.242 e. The first-order valence-corrected chi connectivity index (χ1v) is 9.18. The average Bonchev–Trinajstić information content (AvgIpc) is 3.05. The minimum absolute atomic E-state index is 0.0676. The van der Waals surface area contributed by atoms with Crippen LogP contribution in [0.4, 0.5) is 5.82 Å². The Labute approximate surface area is 158 Å². The van der Waals surface area contributed by atoms with Gasteiger partial charge in [-0.3, -0.25) is 4.79 Å². The van der Waals surface area contributed by atoms with Gasteiger partial charge in [-0.25, -0.2) is 0 Å². The van der Waals surface area contributed by atoms with Crippen LogP contribution in [0.25, 0.3) is 0 Å². The second-order valence-corrected chi connectivity index (χ2v) is 7.25. The van der Waals surface area contributed by atoms with Gasteiger partial charge in [0.1, 0.15) is 5.76 Å². The maximum absolute atomic E-state index is 12.4. The van der Waals surface area contributed by atoms with Gasteiger partial charge in [0.15, 0.2) is 5.82 Å². The van der Waals surface area contributed by atoms with E-state index in [2.05, 4.69) is 27.9 Å². The van der Waals surface area contributed by atoms with Crippen LogP contribution in [0.5, 0.6) is 0 Å². The van der Waals surface area contributed by atoms with Crippen molar-refractivity contribution in [1.29, 1.82) is 0 Å². The SMILES string of the molecule is Cc1cc(NC(=O)[C@H](C)NCC2(c3ccc(Cl)cc3)CCOCC2)no1. The maximum Gasteiger partial charge on any atom is 0.242 e. The van der Waals surface area contributed by atoms with E-state index < -0.39 is 0 Å². The van der Waals surface area contributed by atoms with Crippen molar-refractivity contribution in [1.82, 2.24) is 10.5 Å². The molecule has 7 heteroatoms. The lowest BCUT2D eigenvalue weighted by atomic mass is 9.74. The molecule has 1 aliphatic rings. The number of carbonyl (C=O) groups is 1. The first-order chi connectivity index (χ1) is 12.5. The molecule has 1 saturated heterocycles. The van der Waals surface area contributed by atoms with Crippen molar-refractivity contribution < 1.29 is 14.1 Å². The molecule has 1 aromatic heterocycles. The van der Waals surface area contributed by atoms with Crippen LogP contribution in [0.1, 0.15) is 31.1 Å². The number of benzene rings is 1. The van der Waals surface area contributed by atoms with Crippen LogP contribution in [0, 0.1) is 6.92 Å². The van der Waals surface area contributed by atoms with E-state index >= 15 is 0 Å². The van der Waals surface area contributed by atoms with E-state index in [1.807, 2.05) is 19.1 Å². The lowest BCUT2D eigenvalue weighted by Crippen LogP contribution is -2.48. The third-order valence-electron chi connectivity index (χ3n) is 4.93. The molecule has 26 heavy (non-hydrogen) atoms. The number of hydrogen-bond acceptors (Lipinski definition) is 5. The molecule has 0 saturated carbocycles. The lowest BCUT2D eigenvalue weighted by molar-refractivity contribution is -0.117. The van der Waals surface area contributed by atoms with Crippen LogP contribution < -0.4 is 10.6 Å². The van der Waals surface area contributed by atoms with Crippen molar-refractivity contribution in [3.05, 3.63) is 46.7 Å². The summed E-state index contributed by atoms with van der Waals surface area (Å²) in [6.07, 6.45) is 1.80. The highest BCUT2D eigenvalue weighted by molar-refractivity contribution is 6.30. The van der Waals surface area contributed by atoms with E-state index in [-0.39, 0.29) is 17.4 Å². The van der Waals surface area contributed by atoms with Crippen LogP contribution in [-0.2, 0) is 14.9 Å². The van der Waals surface area contributed by atoms with Gasteiger partial charge in [-0.05, 0) is 44.4 Å². The lowest BCUT2D eigenvalue weighted by Gasteiger charge is -2.38. The topological polar surface area (TPSA) is 76.4 Å². The van der Waals surface area contributed by atoms with Crippen molar-refractivity contribution in [2.75, 3.05) is 25.1 Å². The average molecular weight is 378 g/mol. The van der Waals surface area contributed by atoms with E-state index in [4.69, 9.17) is 20.9 Å². The predicted molar refractivity (Wildman–Crippen MR) is 101 cm³/mol. The minimum atomic E-state index is -0.362. The summed E-state index contributed by atoms with van der Waals surface area (Å²) in [5.74, 6) is 0.945. The van der Waals surface area contributed by atoms with Crippen LogP contribution >= 0.6 is 11.6 Å². The Morgan fingerprint density at radius 2 is 2.00 bits per heavy atom. The summed E-state index contributed by atoms with van der Waals surface area (Å²) in [5.41, 5.74) is 1.15. The molecule has 140 valence electrons. The molecule has 3 rings (SSSR count). The molecule has 1 aliphatic heterocycles. The van der Waals surface area contributed by atoms with Crippen molar-refractivity contribution in [2.24, 2.45) is 0 Å². The zero-order valence-corrected chi connectivity index (χ0v) is 15.8. The number of ether oxygens (including phenoxy) is 1. The van der Waals surface area contributed by atoms with Crippen LogP contribution in [-0.4, -0.2) is 36.9 Å². The van der Waals surface area contributed by atoms with E-state index in [1.165, 1.54) is 5.56 Å². The Kier molecular flexibility index (Phi) is 5.96. The molecule has 6 nitrogen and oxygen atoms in total. The molecule has 0 aliphatic carbocycles. The van der Waals surface area contributed by atoms with E-state index in [9.17, 15) is 4.79 Å². The Balaban J connectivity index is 1.65. The van der Waals surface area contributed by atoms with Gasteiger partial charge in [-0.15, -0.1) is 0 Å². The largest absolute Gasteiger partial charge is 0.381 e. The summed E-state index contributed by atoms with van der Waals surface area (Å²) in [6.45, 7) is 5.74. The van der Waals surface area contributed by atoms with Gasteiger partial charge in [0.2, 0.25) is 5.91 Å². The maximum atomic E-state index is 12.4. The van der Waals surface area contributed by atoms with Gasteiger partial charge >= 0.3 is 0 Å². The molecule has 1 aromatic carbocycles. The highest BCUT2D eigenvalue weighted by Crippen LogP contribution is 2.35. The van der Waals surface area contributed by atoms with Crippen molar-refractivity contribution in [3.63, 3.8) is 0 Å². The fourth-order valence-electron chi connectivity index (χ4n) is 3.23. The molecule has 2 aromatic rings. The van der Waals surface area contributed by atoms with Gasteiger partial charge in [0.25, 0.3) is 0 Å². The Morgan fingerprint density at radius 1 is 1.31 bits per heavy atom. The monoisotopic (exact) mass is 377 g/mol. The van der Waals surface area contributed by atoms with Crippen LogP contribution in [0.15, 0.2) is 34.9 Å². The quantitative estimate of drug-likeness (QED) is 0.807. The summed E-state index contributed by atoms with van der Waals surface area (Å²) >= 11 is 6.04. The summed E-state index contributed by atoms with van der Waals surface area (Å²) in [5, 5.41) is 10.7. The van der Waals surface area contributed by atoms with Gasteiger partial charge in [0, 0.05) is 36.3 Å². The zero-order chi connectivity index (χ0) is 18.6. The van der Waals surface area contributed by atoms with Gasteiger partial charge in [-0.1, -0.05) is 28.9 Å². The van der Waals surface area contributed by atoms with Crippen molar-refractivity contribution in [3.8, 4) is 0 Å². The molecule has 0 unspecified atom stereocenters. The number of aromatic nitrogens is 1. The Morgan fingerprint density at radius 3 is 2.62 bits per heavy atom. The summed E-state index contributed by atoms with van der Waals surface area (Å²) in [7, 11) is 0. The number of anilines is 1. The fraction of sp³-hybridized carbons (Fsp3) is 0.474. The molecule has 0 radical (unpaired) electrons. The zero-order valence-electron chi connectivity index (χ0n) is 15.0. The van der Waals surface area contributed by atoms with Gasteiger partial charge in [-0.2, -0.15) is 0 Å². The molecular formula is C19H24ClN3O3. The first-order valence-electron chi connectivity index (χ1n) is 8.80. The standard InChI is InChI=1S/C19H24ClN3O3/c1-13-11-17(23-26-13)22-18(24)14(2)21-12-19(7-9-25-10-8-19)15-3-5-16(20)6-4-15/h3-6,11,14,21H,7-10,12H2,1-2H3,(H,22,23,24)/t14-/m0/s1. The third-order valence-corrected chi connectivity index (χ3v) is 5.18. The molecule has 0 spiro atoms. The number of nitrogens with one attached hydrogen (secondary N) is 2. The second kappa shape index (κ2) is 8.20. The normalized spacial score (nSPS) is 17.7. The van der Waals surface area contributed by atoms with Crippen LogP contribution in [0.2, 0.25) is 5.02 Å². The molecular weight excluding hydrogens is 354 g/mol. The Hall–Kier alpha value is -1.89. The minimum Gasteiger partial charge on any atom is -0.381 e. The molecule has 1 atom stereocenters. The number of aryl methyl sites for hydroxylation is 1. The summed E-state index contributed by atoms with van der Waals surface area (Å²) in [4.78, 5) is 12.4. The Bertz CT molecular complexity index is 739. The first kappa shape index (κ1) is 18.9. The van der Waals surface area contributed by atoms with Crippen molar-refractivity contribution >= 4 is 23.3 Å². The molecule has 2 heterocycles. The fourth-order valence-corrected chi connectivity index (χ4v) is 3.36. The number of rotatable bonds is 6. The molecule has 1 fully saturated rings. The number of amides is 1. The number of carbonyl (C=O) groups excluding carboxylic acids is 1.